The van der Waals surface area contributed by atoms with E-state index in [4.69, 9.17) is 10.8 Å². The molecule has 1 atom stereocenters. The second-order valence-electron chi connectivity index (χ2n) is 9.11. The number of hydrazone groups is 1. The van der Waals surface area contributed by atoms with E-state index >= 15 is 0 Å². The van der Waals surface area contributed by atoms with Crippen molar-refractivity contribution in [3.63, 3.8) is 0 Å². The highest BCUT2D eigenvalue weighted by molar-refractivity contribution is 6.44. The number of nitrogens with two attached hydrogens (primary N) is 1. The molecule has 3 aromatic rings. The summed E-state index contributed by atoms with van der Waals surface area (Å²) in [6.07, 6.45) is 0.134. The van der Waals surface area contributed by atoms with Crippen LogP contribution in [0.25, 0.3) is 0 Å². The Balaban J connectivity index is 1.61. The van der Waals surface area contributed by atoms with Gasteiger partial charge in [0.05, 0.1) is 17.9 Å². The van der Waals surface area contributed by atoms with Crippen LogP contribution in [-0.2, 0) is 21.5 Å². The Labute approximate surface area is 193 Å². The molecule has 0 spiro atoms. The number of nitrogens with zero attached hydrogens (tertiary/aromatic N) is 4. The van der Waals surface area contributed by atoms with Crippen molar-refractivity contribution in [3.8, 4) is 0 Å². The number of amides is 2. The topological polar surface area (TPSA) is 106 Å². The van der Waals surface area contributed by atoms with E-state index in [0.29, 0.717) is 18.1 Å². The summed E-state index contributed by atoms with van der Waals surface area (Å²) in [5.74, 6) is -0.339. The maximum absolute atomic E-state index is 13.2. The maximum Gasteiger partial charge on any atom is 0.273 e. The largest absolute Gasteiger partial charge is 0.368 e. The first-order chi connectivity index (χ1) is 15.7. The Morgan fingerprint density at radius 3 is 2.30 bits per heavy atom. The molecule has 1 aliphatic rings. The van der Waals surface area contributed by atoms with Gasteiger partial charge in [0.15, 0.2) is 0 Å². The first kappa shape index (κ1) is 22.3. The molecule has 170 valence electrons. The summed E-state index contributed by atoms with van der Waals surface area (Å²) in [5.41, 5.74) is 8.29. The Morgan fingerprint density at radius 1 is 1.06 bits per heavy atom. The summed E-state index contributed by atoms with van der Waals surface area (Å²) < 4.78 is 1.78. The number of para-hydroxylation sites is 1. The van der Waals surface area contributed by atoms with Crippen LogP contribution in [0.2, 0.25) is 0 Å². The predicted octanol–water partition coefficient (Wildman–Crippen LogP) is 3.29. The minimum absolute atomic E-state index is 0.134. The van der Waals surface area contributed by atoms with Gasteiger partial charge in [0.2, 0.25) is 5.91 Å². The molecule has 0 fully saturated rings. The normalized spacial score (nSPS) is 15.9. The number of hydrogen-bond acceptors (Lipinski definition) is 5. The molecule has 2 heterocycles. The van der Waals surface area contributed by atoms with Gasteiger partial charge < -0.3 is 11.1 Å². The second-order valence-corrected chi connectivity index (χ2v) is 9.11. The lowest BCUT2D eigenvalue weighted by Gasteiger charge is -2.20. The molecule has 0 saturated carbocycles. The first-order valence-corrected chi connectivity index (χ1v) is 10.9. The highest BCUT2D eigenvalue weighted by Crippen LogP contribution is 2.27. The number of primary amides is 1. The van der Waals surface area contributed by atoms with Crippen LogP contribution in [0, 0.1) is 0 Å². The molecule has 8 nitrogen and oxygen atoms in total. The minimum Gasteiger partial charge on any atom is -0.368 e. The van der Waals surface area contributed by atoms with E-state index in [2.05, 4.69) is 31.2 Å². The van der Waals surface area contributed by atoms with Gasteiger partial charge in [-0.3, -0.25) is 14.6 Å². The Bertz CT molecular complexity index is 1180. The lowest BCUT2D eigenvalue weighted by molar-refractivity contribution is -0.119. The molecule has 0 aliphatic carbocycles. The SMILES string of the molecule is CC(C)(C)c1cc(NC(=O)C2=NN(c3ccccc3)C(C(N)=O)C2)n(Cc2ccccc2)n1. The van der Waals surface area contributed by atoms with Gasteiger partial charge in [0, 0.05) is 17.9 Å². The zero-order valence-electron chi connectivity index (χ0n) is 19.0. The number of anilines is 2. The predicted molar refractivity (Wildman–Crippen MR) is 129 cm³/mol. The van der Waals surface area contributed by atoms with Gasteiger partial charge in [-0.2, -0.15) is 10.2 Å². The average molecular weight is 445 g/mol. The van der Waals surface area contributed by atoms with E-state index in [-0.39, 0.29) is 23.5 Å². The fraction of sp³-hybridized carbons (Fsp3) is 0.280. The number of nitrogens with one attached hydrogen (secondary N) is 1. The Kier molecular flexibility index (Phi) is 6.00. The zero-order valence-corrected chi connectivity index (χ0v) is 19.0. The van der Waals surface area contributed by atoms with Crippen LogP contribution < -0.4 is 16.1 Å². The molecular formula is C25H28N6O2. The van der Waals surface area contributed by atoms with Crippen molar-refractivity contribution < 1.29 is 9.59 Å². The van der Waals surface area contributed by atoms with Gasteiger partial charge in [-0.1, -0.05) is 69.3 Å². The van der Waals surface area contributed by atoms with Crippen LogP contribution >= 0.6 is 0 Å². The second kappa shape index (κ2) is 8.90. The van der Waals surface area contributed by atoms with Crippen molar-refractivity contribution in [2.45, 2.75) is 45.2 Å². The summed E-state index contributed by atoms with van der Waals surface area (Å²) in [5, 5.41) is 13.6. The van der Waals surface area contributed by atoms with Gasteiger partial charge in [-0.15, -0.1) is 0 Å². The number of aromatic nitrogens is 2. The lowest BCUT2D eigenvalue weighted by atomic mass is 9.92. The molecule has 33 heavy (non-hydrogen) atoms. The third-order valence-electron chi connectivity index (χ3n) is 5.49. The molecule has 0 radical (unpaired) electrons. The highest BCUT2D eigenvalue weighted by atomic mass is 16.2. The number of carbonyl (C=O) groups excluding carboxylic acids is 2. The Morgan fingerprint density at radius 2 is 1.70 bits per heavy atom. The number of hydrogen-bond donors (Lipinski definition) is 2. The summed E-state index contributed by atoms with van der Waals surface area (Å²) in [6, 6.07) is 20.3. The molecule has 2 aromatic carbocycles. The van der Waals surface area contributed by atoms with Crippen molar-refractivity contribution >= 4 is 29.0 Å². The molecule has 1 unspecified atom stereocenters. The molecule has 8 heteroatoms. The fourth-order valence-electron chi connectivity index (χ4n) is 3.64. The molecule has 1 aliphatic heterocycles. The maximum atomic E-state index is 13.2. The third kappa shape index (κ3) is 4.95. The van der Waals surface area contributed by atoms with Gasteiger partial charge in [-0.25, -0.2) is 4.68 Å². The number of rotatable bonds is 6. The minimum atomic E-state index is -0.715. The van der Waals surface area contributed by atoms with Crippen LogP contribution in [0.15, 0.2) is 71.8 Å². The van der Waals surface area contributed by atoms with Crippen molar-refractivity contribution in [1.82, 2.24) is 9.78 Å². The van der Waals surface area contributed by atoms with Gasteiger partial charge >= 0.3 is 0 Å². The highest BCUT2D eigenvalue weighted by Gasteiger charge is 2.35. The summed E-state index contributed by atoms with van der Waals surface area (Å²) in [6.45, 7) is 6.73. The lowest BCUT2D eigenvalue weighted by Crippen LogP contribution is -2.39. The summed E-state index contributed by atoms with van der Waals surface area (Å²) in [7, 11) is 0. The van der Waals surface area contributed by atoms with Gasteiger partial charge in [-0.05, 0) is 17.7 Å². The van der Waals surface area contributed by atoms with E-state index < -0.39 is 11.9 Å². The smallest absolute Gasteiger partial charge is 0.273 e. The monoisotopic (exact) mass is 444 g/mol. The molecule has 2 amide bonds. The van der Waals surface area contributed by atoms with Crippen molar-refractivity contribution in [2.75, 3.05) is 10.3 Å². The van der Waals surface area contributed by atoms with Crippen LogP contribution in [0.3, 0.4) is 0 Å². The van der Waals surface area contributed by atoms with E-state index in [0.717, 1.165) is 11.3 Å². The van der Waals surface area contributed by atoms with Crippen LogP contribution in [0.4, 0.5) is 11.5 Å². The zero-order chi connectivity index (χ0) is 23.6. The van der Waals surface area contributed by atoms with Crippen molar-refractivity contribution in [3.05, 3.63) is 78.0 Å². The van der Waals surface area contributed by atoms with E-state index in [1.807, 2.05) is 66.7 Å². The van der Waals surface area contributed by atoms with Gasteiger partial charge in [0.1, 0.15) is 17.6 Å². The average Bonchev–Trinajstić information content (AvgIpc) is 3.40. The molecule has 4 rings (SSSR count). The standard InChI is InChI=1S/C25H28N6O2/c1-25(2,3)21-15-22(30(29-21)16-17-10-6-4-7-11-17)27-24(33)19-14-20(23(26)32)31(28-19)18-12-8-5-9-13-18/h4-13,15,20H,14,16H2,1-3H3,(H2,26,32)(H,27,33). The fourth-order valence-corrected chi connectivity index (χ4v) is 3.64. The van der Waals surface area contributed by atoms with E-state index in [1.54, 1.807) is 4.68 Å². The molecule has 1 aromatic heterocycles. The van der Waals surface area contributed by atoms with E-state index in [1.165, 1.54) is 5.01 Å². The quantitative estimate of drug-likeness (QED) is 0.608. The molecule has 0 bridgehead atoms. The molecule has 3 N–H and O–H groups in total. The molecule has 0 saturated heterocycles. The summed E-state index contributed by atoms with van der Waals surface area (Å²) >= 11 is 0. The number of benzene rings is 2. The van der Waals surface area contributed by atoms with Gasteiger partial charge in [0.25, 0.3) is 5.91 Å². The van der Waals surface area contributed by atoms with Crippen molar-refractivity contribution in [2.24, 2.45) is 10.8 Å². The van der Waals surface area contributed by atoms with Crippen LogP contribution in [0.1, 0.15) is 38.4 Å². The molecular weight excluding hydrogens is 416 g/mol. The van der Waals surface area contributed by atoms with Crippen LogP contribution in [0.5, 0.6) is 0 Å². The Hall–Kier alpha value is -3.94. The summed E-state index contributed by atoms with van der Waals surface area (Å²) in [4.78, 5) is 25.2. The van der Waals surface area contributed by atoms with Crippen molar-refractivity contribution in [1.29, 1.82) is 0 Å². The first-order valence-electron chi connectivity index (χ1n) is 10.9. The third-order valence-corrected chi connectivity index (χ3v) is 5.49. The van der Waals surface area contributed by atoms with E-state index in [9.17, 15) is 9.59 Å². The number of carbonyl (C=O) groups is 2. The van der Waals surface area contributed by atoms with Crippen LogP contribution in [-0.4, -0.2) is 33.3 Å².